The molecule has 4 rings (SSSR count). The Bertz CT molecular complexity index is 923. The Morgan fingerprint density at radius 1 is 1.33 bits per heavy atom. The van der Waals surface area contributed by atoms with E-state index in [-0.39, 0.29) is 29.2 Å². The molecule has 2 bridgehead atoms. The van der Waals surface area contributed by atoms with E-state index < -0.39 is 6.04 Å². The number of amides is 2. The molecule has 142 valence electrons. The van der Waals surface area contributed by atoms with Gasteiger partial charge in [0.15, 0.2) is 0 Å². The second-order valence-corrected chi connectivity index (χ2v) is 8.32. The third-order valence-electron chi connectivity index (χ3n) is 5.58. The number of pyridine rings is 1. The zero-order valence-corrected chi connectivity index (χ0v) is 16.2. The Hall–Kier alpha value is -2.48. The lowest BCUT2D eigenvalue weighted by Crippen LogP contribution is -2.54. The highest BCUT2D eigenvalue weighted by atomic mass is 32.1. The normalized spacial score (nSPS) is 23.6. The van der Waals surface area contributed by atoms with Gasteiger partial charge in [0.05, 0.1) is 6.54 Å². The van der Waals surface area contributed by atoms with Gasteiger partial charge in [0.1, 0.15) is 11.0 Å². The molecule has 7 nitrogen and oxygen atoms in total. The number of hydrogen-bond donors (Lipinski definition) is 0. The van der Waals surface area contributed by atoms with Crippen molar-refractivity contribution in [3.05, 3.63) is 50.8 Å². The highest BCUT2D eigenvalue weighted by Crippen LogP contribution is 2.41. The number of fused-ring (bicyclic) bond motifs is 4. The molecular weight excluding hydrogens is 364 g/mol. The van der Waals surface area contributed by atoms with Gasteiger partial charge in [0, 0.05) is 62.2 Å². The lowest BCUT2D eigenvalue weighted by Gasteiger charge is -2.46. The highest BCUT2D eigenvalue weighted by molar-refractivity contribution is 7.09. The lowest BCUT2D eigenvalue weighted by molar-refractivity contribution is -0.141. The van der Waals surface area contributed by atoms with Crippen molar-refractivity contribution in [2.24, 2.45) is 5.92 Å². The summed E-state index contributed by atoms with van der Waals surface area (Å²) in [5, 5.41) is 2.74. The second kappa shape index (κ2) is 6.92. The first-order chi connectivity index (χ1) is 13.0. The van der Waals surface area contributed by atoms with Gasteiger partial charge in [0.2, 0.25) is 11.8 Å². The topological polar surface area (TPSA) is 75.5 Å². The second-order valence-electron chi connectivity index (χ2n) is 7.34. The summed E-state index contributed by atoms with van der Waals surface area (Å²) in [6.45, 7) is 3.08. The third-order valence-corrected chi connectivity index (χ3v) is 6.34. The number of rotatable bonds is 3. The molecule has 2 aliphatic heterocycles. The molecule has 3 atom stereocenters. The minimum Gasteiger partial charge on any atom is -0.342 e. The monoisotopic (exact) mass is 386 g/mol. The van der Waals surface area contributed by atoms with Gasteiger partial charge in [-0.05, 0) is 12.5 Å². The average Bonchev–Trinajstić information content (AvgIpc) is 3.15. The van der Waals surface area contributed by atoms with Crippen LogP contribution in [0.25, 0.3) is 0 Å². The molecule has 0 spiro atoms. The van der Waals surface area contributed by atoms with Gasteiger partial charge in [-0.3, -0.25) is 19.0 Å². The molecule has 0 saturated carbocycles. The predicted molar refractivity (Wildman–Crippen MR) is 101 cm³/mol. The van der Waals surface area contributed by atoms with Gasteiger partial charge in [-0.15, -0.1) is 11.3 Å². The fraction of sp³-hybridized carbons (Fsp3) is 0.474. The van der Waals surface area contributed by atoms with E-state index in [1.165, 1.54) is 17.4 Å². The molecule has 2 aliphatic rings. The smallest absolute Gasteiger partial charge is 0.251 e. The first-order valence-electron chi connectivity index (χ1n) is 9.06. The van der Waals surface area contributed by atoms with Crippen LogP contribution in [0.1, 0.15) is 36.0 Å². The van der Waals surface area contributed by atoms with Crippen molar-refractivity contribution in [3.8, 4) is 0 Å². The maximum atomic E-state index is 13.4. The Morgan fingerprint density at radius 3 is 2.85 bits per heavy atom. The van der Waals surface area contributed by atoms with E-state index in [0.717, 1.165) is 17.1 Å². The minimum absolute atomic E-state index is 0.0127. The Morgan fingerprint density at radius 2 is 2.15 bits per heavy atom. The fourth-order valence-electron chi connectivity index (χ4n) is 4.35. The molecule has 0 aliphatic carbocycles. The predicted octanol–water partition coefficient (Wildman–Crippen LogP) is 1.47. The molecule has 2 aromatic heterocycles. The van der Waals surface area contributed by atoms with Gasteiger partial charge in [-0.1, -0.05) is 6.07 Å². The molecule has 1 fully saturated rings. The summed E-state index contributed by atoms with van der Waals surface area (Å²) in [6.07, 6.45) is 2.53. The van der Waals surface area contributed by atoms with Crippen molar-refractivity contribution >= 4 is 23.2 Å². The van der Waals surface area contributed by atoms with Crippen LogP contribution in [0.15, 0.2) is 34.6 Å². The maximum Gasteiger partial charge on any atom is 0.251 e. The number of carbonyl (C=O) groups is 2. The average molecular weight is 386 g/mol. The van der Waals surface area contributed by atoms with Gasteiger partial charge >= 0.3 is 0 Å². The van der Waals surface area contributed by atoms with Crippen LogP contribution in [0.5, 0.6) is 0 Å². The van der Waals surface area contributed by atoms with E-state index in [0.29, 0.717) is 19.6 Å². The van der Waals surface area contributed by atoms with Gasteiger partial charge in [-0.2, -0.15) is 0 Å². The van der Waals surface area contributed by atoms with Crippen LogP contribution in [0, 0.1) is 5.92 Å². The van der Waals surface area contributed by atoms with Crippen molar-refractivity contribution in [3.63, 3.8) is 0 Å². The minimum atomic E-state index is -0.586. The van der Waals surface area contributed by atoms with Crippen LogP contribution in [-0.4, -0.2) is 51.3 Å². The molecule has 0 unspecified atom stereocenters. The summed E-state index contributed by atoms with van der Waals surface area (Å²) in [4.78, 5) is 45.7. The van der Waals surface area contributed by atoms with Crippen molar-refractivity contribution in [2.75, 3.05) is 20.1 Å². The summed E-state index contributed by atoms with van der Waals surface area (Å²) in [5.41, 5.74) is 0.699. The molecule has 27 heavy (non-hydrogen) atoms. The zero-order valence-electron chi connectivity index (χ0n) is 15.4. The van der Waals surface area contributed by atoms with Gasteiger partial charge < -0.3 is 9.80 Å². The van der Waals surface area contributed by atoms with Crippen LogP contribution < -0.4 is 5.56 Å². The number of carbonyl (C=O) groups excluding carboxylic acids is 2. The van der Waals surface area contributed by atoms with Crippen LogP contribution >= 0.6 is 11.3 Å². The highest BCUT2D eigenvalue weighted by Gasteiger charge is 2.45. The van der Waals surface area contributed by atoms with Crippen molar-refractivity contribution < 1.29 is 9.59 Å². The summed E-state index contributed by atoms with van der Waals surface area (Å²) >= 11 is 1.50. The first-order valence-corrected chi connectivity index (χ1v) is 9.94. The Balaban J connectivity index is 1.72. The number of nitrogens with zero attached hydrogens (tertiary/aromatic N) is 4. The first kappa shape index (κ1) is 17.9. The molecule has 1 saturated heterocycles. The van der Waals surface area contributed by atoms with E-state index in [1.54, 1.807) is 40.6 Å². The van der Waals surface area contributed by atoms with E-state index in [2.05, 4.69) is 4.98 Å². The number of aromatic nitrogens is 2. The summed E-state index contributed by atoms with van der Waals surface area (Å²) in [5.74, 6) is -0.0614. The molecular formula is C19H22N4O3S. The van der Waals surface area contributed by atoms with Crippen molar-refractivity contribution in [1.82, 2.24) is 19.4 Å². The number of likely N-dealkylation sites (N-methyl/N-ethyl adjacent to an activating group) is 1. The fourth-order valence-corrected chi connectivity index (χ4v) is 5.01. The molecule has 4 heterocycles. The standard InChI is InChI=1S/C19H22N4O3S/c1-12(24)22-9-13-8-14(10-22)18(23-15(13)4-3-5-17(23)25)19(26)21(2)11-16-20-6-7-27-16/h3-7,13-14,18H,8-11H2,1-2H3/t13-,14+,18-/m1/s1. The molecule has 0 radical (unpaired) electrons. The lowest BCUT2D eigenvalue weighted by atomic mass is 9.78. The summed E-state index contributed by atoms with van der Waals surface area (Å²) in [6, 6.07) is 4.57. The molecule has 0 N–H and O–H groups in total. The van der Waals surface area contributed by atoms with E-state index >= 15 is 0 Å². The van der Waals surface area contributed by atoms with E-state index in [1.807, 2.05) is 11.4 Å². The third kappa shape index (κ3) is 3.18. The largest absolute Gasteiger partial charge is 0.342 e. The quantitative estimate of drug-likeness (QED) is 0.801. The van der Waals surface area contributed by atoms with Crippen LogP contribution in [0.2, 0.25) is 0 Å². The van der Waals surface area contributed by atoms with E-state index in [9.17, 15) is 14.4 Å². The molecule has 2 aromatic rings. The molecule has 8 heteroatoms. The summed E-state index contributed by atoms with van der Waals surface area (Å²) in [7, 11) is 1.75. The van der Waals surface area contributed by atoms with Crippen LogP contribution in [-0.2, 0) is 16.1 Å². The number of likely N-dealkylation sites (tertiary alicyclic amines) is 1. The van der Waals surface area contributed by atoms with Gasteiger partial charge in [0.25, 0.3) is 5.56 Å². The summed E-state index contributed by atoms with van der Waals surface area (Å²) < 4.78 is 1.66. The van der Waals surface area contributed by atoms with E-state index in [4.69, 9.17) is 0 Å². The van der Waals surface area contributed by atoms with Crippen LogP contribution in [0.4, 0.5) is 0 Å². The number of hydrogen-bond acceptors (Lipinski definition) is 5. The Labute approximate surface area is 161 Å². The van der Waals surface area contributed by atoms with Crippen LogP contribution in [0.3, 0.4) is 0 Å². The zero-order chi connectivity index (χ0) is 19.1. The molecule has 0 aromatic carbocycles. The van der Waals surface area contributed by atoms with Crippen molar-refractivity contribution in [1.29, 1.82) is 0 Å². The molecule has 2 amide bonds. The number of piperidine rings is 1. The number of thiazole rings is 1. The maximum absolute atomic E-state index is 13.4. The Kier molecular flexibility index (Phi) is 4.59. The SMILES string of the molecule is CC(=O)N1C[C@H]2C[C@@H](C1)[C@H](C(=O)N(C)Cc1nccs1)n1c2cccc1=O. The van der Waals surface area contributed by atoms with Gasteiger partial charge in [-0.25, -0.2) is 4.98 Å². The van der Waals surface area contributed by atoms with Crippen molar-refractivity contribution in [2.45, 2.75) is 31.8 Å².